The maximum absolute atomic E-state index is 6.96. The summed E-state index contributed by atoms with van der Waals surface area (Å²) in [4.78, 5) is 2.39. The van der Waals surface area contributed by atoms with E-state index in [1.165, 1.54) is 65.9 Å². The van der Waals surface area contributed by atoms with Crippen LogP contribution in [0.3, 0.4) is 0 Å². The van der Waals surface area contributed by atoms with Crippen molar-refractivity contribution in [3.8, 4) is 22.3 Å². The molecule has 3 heteroatoms. The zero-order chi connectivity index (χ0) is 35.7. The first-order chi connectivity index (χ1) is 24.9. The summed E-state index contributed by atoms with van der Waals surface area (Å²) < 4.78 is 6.96. The van der Waals surface area contributed by atoms with Gasteiger partial charge in [0.25, 0.3) is 0 Å². The molecule has 0 saturated carbocycles. The summed E-state index contributed by atoms with van der Waals surface area (Å²) >= 11 is 0. The predicted molar refractivity (Wildman–Crippen MR) is 224 cm³/mol. The Hall–Kier alpha value is -5.38. The summed E-state index contributed by atoms with van der Waals surface area (Å²) in [5.41, 5.74) is 16.1. The maximum Gasteiger partial charge on any atom is 0.159 e. The first kappa shape index (κ1) is 31.4. The molecule has 0 radical (unpaired) electrons. The van der Waals surface area contributed by atoms with Crippen molar-refractivity contribution in [1.82, 2.24) is 0 Å². The normalized spacial score (nSPS) is 15.1. The molecule has 0 amide bonds. The average Bonchev–Trinajstić information content (AvgIpc) is 3.70. The molecule has 0 atom stereocenters. The third-order valence-electron chi connectivity index (χ3n) is 12.1. The standard InChI is InChI=1S/C49H43NOSi/c1-48(2)40-26-31-16-12-11-15-30(31)25-37(40)39-29-42-38(28-43(39)48)34-24-23-33(27-41(34)49(42,3)4)50(32-17-9-8-10-18-32)44-21-13-19-35-36-20-14-22-45(52(5,6)7)47(36)51-46(35)44/h8-29H,1-7H3. The van der Waals surface area contributed by atoms with Crippen LogP contribution in [0.15, 0.2) is 138 Å². The topological polar surface area (TPSA) is 16.4 Å². The van der Waals surface area contributed by atoms with Gasteiger partial charge in [-0.25, -0.2) is 0 Å². The van der Waals surface area contributed by atoms with Crippen molar-refractivity contribution in [2.45, 2.75) is 58.2 Å². The summed E-state index contributed by atoms with van der Waals surface area (Å²) in [6, 6.07) is 49.8. The predicted octanol–water partition coefficient (Wildman–Crippen LogP) is 13.4. The van der Waals surface area contributed by atoms with Crippen LogP contribution in [0.4, 0.5) is 17.1 Å². The molecule has 254 valence electrons. The minimum absolute atomic E-state index is 0.0821. The van der Waals surface area contributed by atoms with E-state index in [1.807, 2.05) is 0 Å². The number of rotatable bonds is 4. The molecule has 1 heterocycles. The summed E-state index contributed by atoms with van der Waals surface area (Å²) in [6.07, 6.45) is 0. The number of hydrogen-bond acceptors (Lipinski definition) is 2. The lowest BCUT2D eigenvalue weighted by Crippen LogP contribution is -2.37. The SMILES string of the molecule is CC1(C)c2cc(N(c3ccccc3)c3cccc4c3oc3c([Si](C)(C)C)cccc34)ccc2-c2cc3c(cc21)-c1cc2ccccc2cc1C3(C)C. The molecule has 2 nitrogen and oxygen atoms in total. The van der Waals surface area contributed by atoms with Crippen LogP contribution in [0.5, 0.6) is 0 Å². The van der Waals surface area contributed by atoms with E-state index in [-0.39, 0.29) is 10.8 Å². The fraction of sp³-hybridized carbons (Fsp3) is 0.184. The number of hydrogen-bond donors (Lipinski definition) is 0. The first-order valence-corrected chi connectivity index (χ1v) is 22.1. The minimum Gasteiger partial charge on any atom is -0.454 e. The van der Waals surface area contributed by atoms with E-state index in [1.54, 1.807) is 0 Å². The molecular weight excluding hydrogens is 647 g/mol. The molecular formula is C49H43NOSi. The van der Waals surface area contributed by atoms with Gasteiger partial charge in [-0.15, -0.1) is 0 Å². The highest BCUT2D eigenvalue weighted by atomic mass is 28.3. The Balaban J connectivity index is 1.15. The van der Waals surface area contributed by atoms with Crippen molar-refractivity contribution in [1.29, 1.82) is 0 Å². The zero-order valence-electron chi connectivity index (χ0n) is 31.1. The highest BCUT2D eigenvalue weighted by Gasteiger charge is 2.42. The van der Waals surface area contributed by atoms with Crippen LogP contribution >= 0.6 is 0 Å². The lowest BCUT2D eigenvalue weighted by atomic mass is 9.79. The second-order valence-corrected chi connectivity index (χ2v) is 22.1. The fourth-order valence-electron chi connectivity index (χ4n) is 9.35. The number of fused-ring (bicyclic) bond motifs is 10. The molecule has 0 spiro atoms. The molecule has 7 aromatic carbocycles. The summed E-state index contributed by atoms with van der Waals surface area (Å²) in [6.45, 7) is 16.8. The zero-order valence-corrected chi connectivity index (χ0v) is 32.1. The van der Waals surface area contributed by atoms with E-state index in [0.29, 0.717) is 0 Å². The van der Waals surface area contributed by atoms with Crippen molar-refractivity contribution < 1.29 is 4.42 Å². The van der Waals surface area contributed by atoms with Crippen LogP contribution in [0, 0.1) is 0 Å². The Morgan fingerprint density at radius 3 is 1.71 bits per heavy atom. The Kier molecular flexibility index (Phi) is 6.38. The van der Waals surface area contributed by atoms with E-state index < -0.39 is 8.07 Å². The summed E-state index contributed by atoms with van der Waals surface area (Å²) in [7, 11) is -1.65. The largest absolute Gasteiger partial charge is 0.454 e. The lowest BCUT2D eigenvalue weighted by molar-refractivity contribution is 0.652. The van der Waals surface area contributed by atoms with Crippen LogP contribution < -0.4 is 10.1 Å². The molecule has 52 heavy (non-hydrogen) atoms. The summed E-state index contributed by atoms with van der Waals surface area (Å²) in [5.74, 6) is 0. The molecule has 0 aliphatic heterocycles. The number of nitrogens with zero attached hydrogens (tertiary/aromatic N) is 1. The van der Waals surface area contributed by atoms with Gasteiger partial charge in [-0.3, -0.25) is 0 Å². The molecule has 2 aliphatic carbocycles. The maximum atomic E-state index is 6.96. The average molecular weight is 690 g/mol. The van der Waals surface area contributed by atoms with Gasteiger partial charge in [0, 0.05) is 33.0 Å². The van der Waals surface area contributed by atoms with Crippen molar-refractivity contribution in [2.75, 3.05) is 4.90 Å². The highest BCUT2D eigenvalue weighted by molar-refractivity contribution is 6.90. The third kappa shape index (κ3) is 4.29. The van der Waals surface area contributed by atoms with E-state index >= 15 is 0 Å². The van der Waals surface area contributed by atoms with Crippen molar-refractivity contribution in [3.05, 3.63) is 156 Å². The minimum atomic E-state index is -1.65. The van der Waals surface area contributed by atoms with Crippen LogP contribution in [0.1, 0.15) is 49.9 Å². The number of benzene rings is 7. The van der Waals surface area contributed by atoms with Crippen molar-refractivity contribution in [2.24, 2.45) is 0 Å². The molecule has 0 fully saturated rings. The Morgan fingerprint density at radius 1 is 0.462 bits per heavy atom. The van der Waals surface area contributed by atoms with E-state index in [0.717, 1.165) is 33.6 Å². The van der Waals surface area contributed by atoms with Crippen LogP contribution in [0.25, 0.3) is 55.0 Å². The molecule has 0 bridgehead atoms. The van der Waals surface area contributed by atoms with Gasteiger partial charge in [0.05, 0.1) is 13.8 Å². The molecule has 0 saturated heterocycles. The summed E-state index contributed by atoms with van der Waals surface area (Å²) in [5, 5.41) is 6.33. The monoisotopic (exact) mass is 689 g/mol. The van der Waals surface area contributed by atoms with Gasteiger partial charge in [0.15, 0.2) is 5.58 Å². The van der Waals surface area contributed by atoms with Crippen LogP contribution in [-0.2, 0) is 10.8 Å². The molecule has 1 aromatic heterocycles. The van der Waals surface area contributed by atoms with E-state index in [2.05, 4.69) is 186 Å². The van der Waals surface area contributed by atoms with Gasteiger partial charge in [-0.2, -0.15) is 0 Å². The highest BCUT2D eigenvalue weighted by Crippen LogP contribution is 2.57. The lowest BCUT2D eigenvalue weighted by Gasteiger charge is -2.28. The molecule has 8 aromatic rings. The Morgan fingerprint density at radius 2 is 1.02 bits per heavy atom. The number of furan rings is 1. The molecule has 2 aliphatic rings. The smallest absolute Gasteiger partial charge is 0.159 e. The Bertz CT molecular complexity index is 2780. The van der Waals surface area contributed by atoms with Gasteiger partial charge >= 0.3 is 0 Å². The molecule has 0 unspecified atom stereocenters. The van der Waals surface area contributed by atoms with Crippen molar-refractivity contribution >= 4 is 63.0 Å². The van der Waals surface area contributed by atoms with Crippen LogP contribution in [0.2, 0.25) is 19.6 Å². The fourth-order valence-corrected chi connectivity index (χ4v) is 10.8. The second-order valence-electron chi connectivity index (χ2n) is 17.0. The van der Waals surface area contributed by atoms with E-state index in [4.69, 9.17) is 4.42 Å². The van der Waals surface area contributed by atoms with Crippen LogP contribution in [-0.4, -0.2) is 8.07 Å². The second kappa shape index (κ2) is 10.6. The van der Waals surface area contributed by atoms with Crippen molar-refractivity contribution in [3.63, 3.8) is 0 Å². The number of para-hydroxylation sites is 3. The quantitative estimate of drug-likeness (QED) is 0.171. The number of anilines is 3. The van der Waals surface area contributed by atoms with Gasteiger partial charge in [0.1, 0.15) is 5.58 Å². The Labute approximate surface area is 307 Å². The first-order valence-electron chi connectivity index (χ1n) is 18.6. The van der Waals surface area contributed by atoms with Gasteiger partial charge in [0.2, 0.25) is 0 Å². The molecule has 0 N–H and O–H groups in total. The third-order valence-corrected chi connectivity index (χ3v) is 14.2. The molecule has 10 rings (SSSR count). The van der Waals surface area contributed by atoms with Gasteiger partial charge < -0.3 is 9.32 Å². The van der Waals surface area contributed by atoms with Gasteiger partial charge in [-0.05, 0) is 115 Å². The van der Waals surface area contributed by atoms with Gasteiger partial charge in [-0.1, -0.05) is 126 Å². The van der Waals surface area contributed by atoms with E-state index in [9.17, 15) is 0 Å².